The Hall–Kier alpha value is -1.41. The Balaban J connectivity index is 1.62. The zero-order valence-electron chi connectivity index (χ0n) is 14.8. The predicted molar refractivity (Wildman–Crippen MR) is 97.7 cm³/mol. The molecule has 4 atom stereocenters. The van der Waals surface area contributed by atoms with E-state index in [-0.39, 0.29) is 17.0 Å². The zero-order valence-corrected chi connectivity index (χ0v) is 17.5. The van der Waals surface area contributed by atoms with Crippen LogP contribution in [-0.4, -0.2) is 46.8 Å². The number of rotatable bonds is 8. The fraction of sp³-hybridized carbons (Fsp3) is 0.455. The van der Waals surface area contributed by atoms with Gasteiger partial charge in [0.1, 0.15) is 6.23 Å². The number of nitrogen functional groups attached to an aromatic ring is 1. The number of fused-ring (bicyclic) bond motifs is 1. The maximum absolute atomic E-state index is 11.9. The second kappa shape index (κ2) is 8.26. The van der Waals surface area contributed by atoms with E-state index in [1.54, 1.807) is 10.8 Å². The summed E-state index contributed by atoms with van der Waals surface area (Å²) in [5, 5.41) is 0.282. The first kappa shape index (κ1) is 23.3. The maximum atomic E-state index is 11.9. The van der Waals surface area contributed by atoms with Crippen molar-refractivity contribution < 1.29 is 51.2 Å². The summed E-state index contributed by atoms with van der Waals surface area (Å²) in [7, 11) is -16.3. The summed E-state index contributed by atoms with van der Waals surface area (Å²) in [6.45, 7) is -0.560. The van der Waals surface area contributed by atoms with Crippen LogP contribution in [0.3, 0.4) is 0 Å². The molecule has 3 heterocycles. The van der Waals surface area contributed by atoms with Crippen molar-refractivity contribution >= 4 is 40.4 Å². The highest BCUT2D eigenvalue weighted by Crippen LogP contribution is 2.66. The van der Waals surface area contributed by atoms with Crippen molar-refractivity contribution in [1.82, 2.24) is 14.5 Å². The molecule has 0 aromatic carbocycles. The van der Waals surface area contributed by atoms with Gasteiger partial charge in [-0.1, -0.05) is 0 Å². The molecule has 0 radical (unpaired) electrons. The summed E-state index contributed by atoms with van der Waals surface area (Å²) in [6, 6.07) is 1.52. The molecule has 0 saturated carbocycles. The van der Waals surface area contributed by atoms with Crippen molar-refractivity contribution in [3.8, 4) is 0 Å². The van der Waals surface area contributed by atoms with Gasteiger partial charge in [0.05, 0.1) is 18.1 Å². The largest absolute Gasteiger partial charge is 0.490 e. The van der Waals surface area contributed by atoms with Gasteiger partial charge in [-0.05, 0) is 18.9 Å². The van der Waals surface area contributed by atoms with Crippen molar-refractivity contribution in [2.45, 2.75) is 25.2 Å². The lowest BCUT2D eigenvalue weighted by molar-refractivity contribution is -0.0202. The van der Waals surface area contributed by atoms with Crippen LogP contribution in [0.25, 0.3) is 11.0 Å². The zero-order chi connectivity index (χ0) is 22.3. The van der Waals surface area contributed by atoms with Gasteiger partial charge in [-0.2, -0.15) is 13.6 Å². The number of nitrogens with two attached hydrogens (primary N) is 1. The summed E-state index contributed by atoms with van der Waals surface area (Å²) in [4.78, 5) is 53.9. The average molecular weight is 490 g/mol. The van der Waals surface area contributed by atoms with E-state index in [0.717, 1.165) is 0 Å². The monoisotopic (exact) mass is 490 g/mol. The molecule has 16 nitrogen and oxygen atoms in total. The molecule has 1 aliphatic rings. The minimum Gasteiger partial charge on any atom is -0.369 e. The van der Waals surface area contributed by atoms with Gasteiger partial charge >= 0.3 is 23.5 Å². The van der Waals surface area contributed by atoms with E-state index in [1.165, 1.54) is 6.07 Å². The van der Waals surface area contributed by atoms with E-state index in [4.69, 9.17) is 25.2 Å². The van der Waals surface area contributed by atoms with E-state index in [1.807, 2.05) is 0 Å². The SMILES string of the molecule is Nc1nc2c(ccn2C2CC[C@@H](COP(=O)(O)OP(=O)(O)OP(=O)(O)O)O2)c(=O)[nH]1. The van der Waals surface area contributed by atoms with Crippen LogP contribution in [0, 0.1) is 0 Å². The number of phosphoric acid groups is 3. The second-order valence-corrected chi connectivity index (χ2v) is 10.5. The molecule has 2 aromatic rings. The van der Waals surface area contributed by atoms with Crippen LogP contribution >= 0.6 is 23.5 Å². The number of anilines is 1. The summed E-state index contributed by atoms with van der Waals surface area (Å²) in [5.41, 5.74) is 5.39. The predicted octanol–water partition coefficient (Wildman–Crippen LogP) is 0.328. The van der Waals surface area contributed by atoms with Gasteiger partial charge in [-0.3, -0.25) is 14.3 Å². The lowest BCUT2D eigenvalue weighted by Crippen LogP contribution is -2.17. The van der Waals surface area contributed by atoms with Gasteiger partial charge in [0.15, 0.2) is 5.65 Å². The number of hydrogen-bond donors (Lipinski definition) is 6. The van der Waals surface area contributed by atoms with Crippen molar-refractivity contribution in [3.63, 3.8) is 0 Å². The molecule has 168 valence electrons. The lowest BCUT2D eigenvalue weighted by Gasteiger charge is -2.19. The van der Waals surface area contributed by atoms with Crippen LogP contribution in [0.2, 0.25) is 0 Å². The molecule has 3 unspecified atom stereocenters. The van der Waals surface area contributed by atoms with Crippen molar-refractivity contribution in [1.29, 1.82) is 0 Å². The van der Waals surface area contributed by atoms with Crippen LogP contribution in [0.1, 0.15) is 19.1 Å². The van der Waals surface area contributed by atoms with Gasteiger partial charge in [0.25, 0.3) is 5.56 Å². The number of aromatic amines is 1. The molecule has 0 bridgehead atoms. The molecule has 1 saturated heterocycles. The quantitative estimate of drug-likeness (QED) is 0.273. The summed E-state index contributed by atoms with van der Waals surface area (Å²) < 4.78 is 52.7. The van der Waals surface area contributed by atoms with Gasteiger partial charge < -0.3 is 34.6 Å². The van der Waals surface area contributed by atoms with Crippen LogP contribution in [0.4, 0.5) is 5.95 Å². The summed E-state index contributed by atoms with van der Waals surface area (Å²) in [6.07, 6.45) is 0.936. The van der Waals surface area contributed by atoms with Gasteiger partial charge in [0, 0.05) is 6.20 Å². The first-order chi connectivity index (χ1) is 13.7. The number of nitrogens with zero attached hydrogens (tertiary/aromatic N) is 2. The average Bonchev–Trinajstić information content (AvgIpc) is 3.15. The van der Waals surface area contributed by atoms with E-state index < -0.39 is 48.0 Å². The first-order valence-corrected chi connectivity index (χ1v) is 12.6. The van der Waals surface area contributed by atoms with Crippen molar-refractivity contribution in [2.24, 2.45) is 0 Å². The molecule has 7 N–H and O–H groups in total. The lowest BCUT2D eigenvalue weighted by atomic mass is 10.2. The third kappa shape index (κ3) is 5.84. The highest BCUT2D eigenvalue weighted by molar-refractivity contribution is 7.66. The Labute approximate surface area is 167 Å². The van der Waals surface area contributed by atoms with Crippen LogP contribution < -0.4 is 11.3 Å². The van der Waals surface area contributed by atoms with Gasteiger partial charge in [-0.15, -0.1) is 0 Å². The Morgan fingerprint density at radius 3 is 2.57 bits per heavy atom. The smallest absolute Gasteiger partial charge is 0.369 e. The minimum absolute atomic E-state index is 0.0883. The molecule has 30 heavy (non-hydrogen) atoms. The normalized spacial score (nSPS) is 24.0. The Morgan fingerprint density at radius 2 is 1.90 bits per heavy atom. The van der Waals surface area contributed by atoms with E-state index in [0.29, 0.717) is 12.8 Å². The molecule has 3 rings (SSSR count). The van der Waals surface area contributed by atoms with E-state index in [2.05, 4.69) is 23.1 Å². The molecule has 0 spiro atoms. The third-order valence-corrected chi connectivity index (χ3v) is 7.64. The second-order valence-electron chi connectivity index (χ2n) is 6.09. The van der Waals surface area contributed by atoms with Gasteiger partial charge in [-0.25, -0.2) is 13.7 Å². The van der Waals surface area contributed by atoms with Crippen LogP contribution in [0.15, 0.2) is 17.1 Å². The number of H-pyrrole nitrogens is 1. The molecule has 1 aliphatic heterocycles. The van der Waals surface area contributed by atoms with Crippen LogP contribution in [-0.2, 0) is 31.6 Å². The molecule has 0 amide bonds. The fourth-order valence-corrected chi connectivity index (χ4v) is 5.84. The highest BCUT2D eigenvalue weighted by atomic mass is 31.3. The molecule has 1 fully saturated rings. The van der Waals surface area contributed by atoms with Gasteiger partial charge in [0.2, 0.25) is 5.95 Å². The molecule has 19 heteroatoms. The van der Waals surface area contributed by atoms with E-state index in [9.17, 15) is 23.4 Å². The minimum atomic E-state index is -5.58. The maximum Gasteiger partial charge on any atom is 0.490 e. The Kier molecular flexibility index (Phi) is 6.41. The summed E-state index contributed by atoms with van der Waals surface area (Å²) >= 11 is 0. The van der Waals surface area contributed by atoms with Crippen molar-refractivity contribution in [3.05, 3.63) is 22.6 Å². The Bertz CT molecular complexity index is 1140. The molecular formula is C11H17N4O12P3. The number of aromatic nitrogens is 3. The highest BCUT2D eigenvalue weighted by Gasteiger charge is 2.41. The van der Waals surface area contributed by atoms with Crippen molar-refractivity contribution in [2.75, 3.05) is 12.3 Å². The Morgan fingerprint density at radius 1 is 1.20 bits per heavy atom. The fourth-order valence-electron chi connectivity index (χ4n) is 2.79. The molecule has 2 aromatic heterocycles. The summed E-state index contributed by atoms with van der Waals surface area (Å²) in [5.74, 6) is -0.0883. The molecular weight excluding hydrogens is 473 g/mol. The number of phosphoric ester groups is 1. The van der Waals surface area contributed by atoms with Crippen LogP contribution in [0.5, 0.6) is 0 Å². The third-order valence-electron chi connectivity index (χ3n) is 3.83. The number of hydrogen-bond acceptors (Lipinski definition) is 10. The molecule has 0 aliphatic carbocycles. The number of ether oxygens (including phenoxy) is 1. The van der Waals surface area contributed by atoms with E-state index >= 15 is 0 Å². The number of nitrogens with one attached hydrogen (secondary N) is 1. The topological polar surface area (TPSA) is 246 Å². The standard InChI is InChI=1S/C11H17N4O12P3/c12-11-13-9-7(10(16)14-11)3-4-15(9)8-2-1-6(25-8)5-24-29(20,21)27-30(22,23)26-28(17,18)19/h3-4,6,8H,1-2,5H2,(H,20,21)(H,22,23)(H2,17,18,19)(H3,12,13,14,16)/t6-,8?/m0/s1. The first-order valence-electron chi connectivity index (χ1n) is 8.05.